The number of hydrogen-bond donors (Lipinski definition) is 1. The zero-order chi connectivity index (χ0) is 6.85. The molecule has 1 rings (SSSR count). The Labute approximate surface area is 53.7 Å². The molecule has 1 heterocycles. The van der Waals surface area contributed by atoms with Gasteiger partial charge in [-0.15, -0.1) is 0 Å². The minimum absolute atomic E-state index is 0.120. The van der Waals surface area contributed by atoms with Crippen LogP contribution in [0.25, 0.3) is 0 Å². The monoisotopic (exact) mass is 124 g/mol. The van der Waals surface area contributed by atoms with E-state index in [0.717, 1.165) is 0 Å². The van der Waals surface area contributed by atoms with Crippen LogP contribution in [0.15, 0.2) is 0 Å². The Morgan fingerprint density at radius 2 is 2.56 bits per heavy atom. The van der Waals surface area contributed by atoms with E-state index in [-0.39, 0.29) is 11.9 Å². The number of nitrogens with one attached hydrogen (secondary N) is 1. The van der Waals surface area contributed by atoms with Crippen LogP contribution >= 0.6 is 0 Å². The summed E-state index contributed by atoms with van der Waals surface area (Å²) in [4.78, 5) is 10.7. The summed E-state index contributed by atoms with van der Waals surface area (Å²) in [7, 11) is 0. The first-order valence-electron chi connectivity index (χ1n) is 2.94. The maximum Gasteiger partial charge on any atom is 0.237 e. The lowest BCUT2D eigenvalue weighted by Crippen LogP contribution is -2.23. The number of carbonyl (C=O) groups is 1. The highest BCUT2D eigenvalue weighted by molar-refractivity contribution is 5.83. The molecule has 0 aromatic heterocycles. The van der Waals surface area contributed by atoms with Crippen molar-refractivity contribution in [2.24, 2.45) is 5.92 Å². The molecule has 2 unspecified atom stereocenters. The first kappa shape index (κ1) is 6.09. The molecule has 0 spiro atoms. The fourth-order valence-corrected chi connectivity index (χ4v) is 0.974. The van der Waals surface area contributed by atoms with Crippen molar-refractivity contribution in [1.82, 2.24) is 5.32 Å². The zero-order valence-electron chi connectivity index (χ0n) is 5.22. The van der Waals surface area contributed by atoms with Crippen molar-refractivity contribution in [3.05, 3.63) is 0 Å². The van der Waals surface area contributed by atoms with Gasteiger partial charge in [0, 0.05) is 6.04 Å². The molecule has 0 bridgehead atoms. The highest BCUT2D eigenvalue weighted by atomic mass is 16.2. The van der Waals surface area contributed by atoms with Crippen LogP contribution in [0.2, 0.25) is 0 Å². The number of nitriles is 1. The van der Waals surface area contributed by atoms with E-state index < -0.39 is 5.92 Å². The van der Waals surface area contributed by atoms with Crippen molar-refractivity contribution in [1.29, 1.82) is 5.26 Å². The Bertz CT molecular complexity index is 170. The number of amides is 1. The molecule has 1 fully saturated rings. The summed E-state index contributed by atoms with van der Waals surface area (Å²) in [5.41, 5.74) is 0. The molecular weight excluding hydrogens is 116 g/mol. The normalized spacial score (nSPS) is 33.6. The Kier molecular flexibility index (Phi) is 1.39. The highest BCUT2D eigenvalue weighted by Crippen LogP contribution is 2.12. The van der Waals surface area contributed by atoms with Gasteiger partial charge in [-0.25, -0.2) is 0 Å². The molecule has 3 nitrogen and oxygen atoms in total. The van der Waals surface area contributed by atoms with Crippen LogP contribution in [0.3, 0.4) is 0 Å². The molecule has 1 saturated heterocycles. The fourth-order valence-electron chi connectivity index (χ4n) is 0.974. The third-order valence-corrected chi connectivity index (χ3v) is 1.45. The van der Waals surface area contributed by atoms with Crippen LogP contribution in [0.5, 0.6) is 0 Å². The summed E-state index contributed by atoms with van der Waals surface area (Å²) >= 11 is 0. The SMILES string of the molecule is CC1CC(C#N)C(=O)N1. The van der Waals surface area contributed by atoms with Crippen molar-refractivity contribution >= 4 is 5.91 Å². The van der Waals surface area contributed by atoms with Crippen LogP contribution < -0.4 is 5.32 Å². The molecule has 3 heteroatoms. The Morgan fingerprint density at radius 1 is 1.89 bits per heavy atom. The van der Waals surface area contributed by atoms with Crippen molar-refractivity contribution in [3.63, 3.8) is 0 Å². The molecule has 0 saturated carbocycles. The molecule has 9 heavy (non-hydrogen) atoms. The Hall–Kier alpha value is -1.04. The van der Waals surface area contributed by atoms with Gasteiger partial charge in [-0.1, -0.05) is 0 Å². The minimum atomic E-state index is -0.403. The fraction of sp³-hybridized carbons (Fsp3) is 0.667. The second-order valence-electron chi connectivity index (χ2n) is 2.33. The lowest BCUT2D eigenvalue weighted by Gasteiger charge is -1.95. The third kappa shape index (κ3) is 1.02. The standard InChI is InChI=1S/C6H8N2O/c1-4-2-5(3-7)6(9)8-4/h4-5H,2H2,1H3,(H,8,9). The van der Waals surface area contributed by atoms with Crippen LogP contribution in [0.1, 0.15) is 13.3 Å². The molecule has 0 aromatic rings. The van der Waals surface area contributed by atoms with Crippen molar-refractivity contribution in [2.75, 3.05) is 0 Å². The van der Waals surface area contributed by atoms with Crippen LogP contribution in [0, 0.1) is 17.2 Å². The third-order valence-electron chi connectivity index (χ3n) is 1.45. The second-order valence-corrected chi connectivity index (χ2v) is 2.33. The summed E-state index contributed by atoms with van der Waals surface area (Å²) in [5.74, 6) is -0.523. The van der Waals surface area contributed by atoms with E-state index >= 15 is 0 Å². The van der Waals surface area contributed by atoms with Crippen molar-refractivity contribution in [3.8, 4) is 6.07 Å². The molecule has 0 radical (unpaired) electrons. The van der Waals surface area contributed by atoms with Gasteiger partial charge in [0.05, 0.1) is 6.07 Å². The van der Waals surface area contributed by atoms with Crippen LogP contribution in [-0.4, -0.2) is 11.9 Å². The predicted octanol–water partition coefficient (Wildman–Crippen LogP) is 0.0346. The minimum Gasteiger partial charge on any atom is -0.352 e. The lowest BCUT2D eigenvalue weighted by atomic mass is 10.1. The van der Waals surface area contributed by atoms with E-state index in [2.05, 4.69) is 5.32 Å². The van der Waals surface area contributed by atoms with E-state index in [4.69, 9.17) is 5.26 Å². The van der Waals surface area contributed by atoms with Gasteiger partial charge in [-0.05, 0) is 13.3 Å². The number of carbonyl (C=O) groups excluding carboxylic acids is 1. The number of rotatable bonds is 0. The first-order valence-corrected chi connectivity index (χ1v) is 2.94. The largest absolute Gasteiger partial charge is 0.352 e. The molecule has 0 aliphatic carbocycles. The van der Waals surface area contributed by atoms with E-state index in [1.54, 1.807) is 0 Å². The molecule has 1 aliphatic rings. The van der Waals surface area contributed by atoms with Gasteiger partial charge in [-0.2, -0.15) is 5.26 Å². The van der Waals surface area contributed by atoms with Gasteiger partial charge in [-0.3, -0.25) is 4.79 Å². The zero-order valence-corrected chi connectivity index (χ0v) is 5.22. The molecular formula is C6H8N2O. The number of hydrogen-bond acceptors (Lipinski definition) is 2. The molecule has 1 amide bonds. The average molecular weight is 124 g/mol. The maximum absolute atomic E-state index is 10.7. The van der Waals surface area contributed by atoms with Gasteiger partial charge in [0.2, 0.25) is 5.91 Å². The molecule has 2 atom stereocenters. The van der Waals surface area contributed by atoms with Gasteiger partial charge in [0.15, 0.2) is 0 Å². The lowest BCUT2D eigenvalue weighted by molar-refractivity contribution is -0.121. The maximum atomic E-state index is 10.7. The quantitative estimate of drug-likeness (QED) is 0.495. The van der Waals surface area contributed by atoms with E-state index in [1.807, 2.05) is 13.0 Å². The summed E-state index contributed by atoms with van der Waals surface area (Å²) in [6, 6.07) is 2.11. The van der Waals surface area contributed by atoms with Crippen LogP contribution in [-0.2, 0) is 4.79 Å². The van der Waals surface area contributed by atoms with Crippen molar-refractivity contribution < 1.29 is 4.79 Å². The highest BCUT2D eigenvalue weighted by Gasteiger charge is 2.28. The van der Waals surface area contributed by atoms with Gasteiger partial charge >= 0.3 is 0 Å². The van der Waals surface area contributed by atoms with E-state index in [0.29, 0.717) is 6.42 Å². The van der Waals surface area contributed by atoms with Gasteiger partial charge < -0.3 is 5.32 Å². The summed E-state index contributed by atoms with van der Waals surface area (Å²) in [6.07, 6.45) is 0.662. The number of nitrogens with zero attached hydrogens (tertiary/aromatic N) is 1. The Morgan fingerprint density at radius 3 is 2.78 bits per heavy atom. The summed E-state index contributed by atoms with van der Waals surface area (Å²) in [6.45, 7) is 1.90. The molecule has 48 valence electrons. The van der Waals surface area contributed by atoms with E-state index in [9.17, 15) is 4.79 Å². The molecule has 1 N–H and O–H groups in total. The van der Waals surface area contributed by atoms with E-state index in [1.165, 1.54) is 0 Å². The van der Waals surface area contributed by atoms with Crippen molar-refractivity contribution in [2.45, 2.75) is 19.4 Å². The summed E-state index contributed by atoms with van der Waals surface area (Å²) in [5, 5.41) is 11.0. The molecule has 1 aliphatic heterocycles. The van der Waals surface area contributed by atoms with Gasteiger partial charge in [0.1, 0.15) is 5.92 Å². The average Bonchev–Trinajstić information content (AvgIpc) is 2.10. The Balaban J connectivity index is 2.61. The topological polar surface area (TPSA) is 52.9 Å². The first-order chi connectivity index (χ1) is 4.24. The van der Waals surface area contributed by atoms with Gasteiger partial charge in [0.25, 0.3) is 0 Å². The predicted molar refractivity (Wildman–Crippen MR) is 31.3 cm³/mol. The smallest absolute Gasteiger partial charge is 0.237 e. The molecule has 0 aromatic carbocycles. The van der Waals surface area contributed by atoms with Crippen LogP contribution in [0.4, 0.5) is 0 Å². The summed E-state index contributed by atoms with van der Waals surface area (Å²) < 4.78 is 0. The second kappa shape index (κ2) is 2.06.